The molecule has 1 aromatic carbocycles. The predicted octanol–water partition coefficient (Wildman–Crippen LogP) is 1.11. The SMILES string of the molecule is CN(C)CCOc1ccc(-n2cc[nH]c2=O)cc1. The molecule has 2 aromatic rings. The Kier molecular flexibility index (Phi) is 3.84. The Balaban J connectivity index is 2.02. The molecular formula is C13H17N3O2. The molecule has 18 heavy (non-hydrogen) atoms. The van der Waals surface area contributed by atoms with Crippen molar-refractivity contribution in [1.29, 1.82) is 0 Å². The molecule has 0 saturated carbocycles. The van der Waals surface area contributed by atoms with Crippen LogP contribution in [-0.4, -0.2) is 41.7 Å². The van der Waals surface area contributed by atoms with Gasteiger partial charge in [-0.1, -0.05) is 0 Å². The van der Waals surface area contributed by atoms with Gasteiger partial charge >= 0.3 is 5.69 Å². The summed E-state index contributed by atoms with van der Waals surface area (Å²) in [6, 6.07) is 7.45. The lowest BCUT2D eigenvalue weighted by Crippen LogP contribution is -2.19. The van der Waals surface area contributed by atoms with E-state index in [-0.39, 0.29) is 5.69 Å². The van der Waals surface area contributed by atoms with Gasteiger partial charge in [-0.3, -0.25) is 4.57 Å². The predicted molar refractivity (Wildman–Crippen MR) is 70.4 cm³/mol. The van der Waals surface area contributed by atoms with Crippen LogP contribution in [0.2, 0.25) is 0 Å². The molecule has 0 aliphatic heterocycles. The third kappa shape index (κ3) is 3.01. The summed E-state index contributed by atoms with van der Waals surface area (Å²) in [5.74, 6) is 0.809. The Morgan fingerprint density at radius 3 is 2.56 bits per heavy atom. The fourth-order valence-electron chi connectivity index (χ4n) is 1.57. The molecule has 0 fully saturated rings. The largest absolute Gasteiger partial charge is 0.492 e. The second-order valence-electron chi connectivity index (χ2n) is 4.28. The molecule has 0 atom stereocenters. The molecule has 0 unspecified atom stereocenters. The van der Waals surface area contributed by atoms with E-state index in [0.29, 0.717) is 6.61 Å². The first-order valence-corrected chi connectivity index (χ1v) is 5.81. The second-order valence-corrected chi connectivity index (χ2v) is 4.28. The van der Waals surface area contributed by atoms with E-state index in [1.807, 2.05) is 38.4 Å². The van der Waals surface area contributed by atoms with Crippen LogP contribution in [0.25, 0.3) is 5.69 Å². The average molecular weight is 247 g/mol. The molecular weight excluding hydrogens is 230 g/mol. The van der Waals surface area contributed by atoms with Gasteiger partial charge in [-0.05, 0) is 38.4 Å². The average Bonchev–Trinajstić information content (AvgIpc) is 2.76. The highest BCUT2D eigenvalue weighted by Crippen LogP contribution is 2.13. The van der Waals surface area contributed by atoms with Crippen molar-refractivity contribution in [3.05, 3.63) is 47.1 Å². The number of rotatable bonds is 5. The van der Waals surface area contributed by atoms with Gasteiger partial charge < -0.3 is 14.6 Å². The lowest BCUT2D eigenvalue weighted by atomic mass is 10.3. The quantitative estimate of drug-likeness (QED) is 0.861. The molecule has 0 aliphatic carbocycles. The molecule has 0 bridgehead atoms. The van der Waals surface area contributed by atoms with E-state index in [2.05, 4.69) is 9.88 Å². The molecule has 0 spiro atoms. The number of imidazole rings is 1. The van der Waals surface area contributed by atoms with Crippen molar-refractivity contribution in [2.24, 2.45) is 0 Å². The monoisotopic (exact) mass is 247 g/mol. The fraction of sp³-hybridized carbons (Fsp3) is 0.308. The number of nitrogens with one attached hydrogen (secondary N) is 1. The zero-order valence-electron chi connectivity index (χ0n) is 10.6. The van der Waals surface area contributed by atoms with Crippen LogP contribution in [0.5, 0.6) is 5.75 Å². The van der Waals surface area contributed by atoms with Gasteiger partial charge in [-0.15, -0.1) is 0 Å². The minimum atomic E-state index is -0.142. The number of likely N-dealkylation sites (N-methyl/N-ethyl adjacent to an activating group) is 1. The molecule has 0 radical (unpaired) electrons. The number of ether oxygens (including phenoxy) is 1. The van der Waals surface area contributed by atoms with Crippen molar-refractivity contribution in [2.75, 3.05) is 27.2 Å². The van der Waals surface area contributed by atoms with Crippen molar-refractivity contribution in [3.8, 4) is 11.4 Å². The molecule has 0 saturated heterocycles. The highest BCUT2D eigenvalue weighted by molar-refractivity contribution is 5.37. The van der Waals surface area contributed by atoms with E-state index in [0.717, 1.165) is 18.0 Å². The molecule has 96 valence electrons. The number of hydrogen-bond donors (Lipinski definition) is 1. The van der Waals surface area contributed by atoms with Crippen LogP contribution < -0.4 is 10.4 Å². The van der Waals surface area contributed by atoms with Crippen LogP contribution in [0, 0.1) is 0 Å². The number of hydrogen-bond acceptors (Lipinski definition) is 3. The summed E-state index contributed by atoms with van der Waals surface area (Å²) in [4.78, 5) is 16.1. The van der Waals surface area contributed by atoms with Crippen LogP contribution in [-0.2, 0) is 0 Å². The first-order chi connectivity index (χ1) is 8.66. The summed E-state index contributed by atoms with van der Waals surface area (Å²) in [6.07, 6.45) is 3.31. The van der Waals surface area contributed by atoms with E-state index in [1.54, 1.807) is 17.0 Å². The van der Waals surface area contributed by atoms with Gasteiger partial charge in [-0.25, -0.2) is 4.79 Å². The van der Waals surface area contributed by atoms with E-state index >= 15 is 0 Å². The van der Waals surface area contributed by atoms with Gasteiger partial charge in [0.1, 0.15) is 12.4 Å². The van der Waals surface area contributed by atoms with E-state index in [1.165, 1.54) is 0 Å². The summed E-state index contributed by atoms with van der Waals surface area (Å²) < 4.78 is 7.13. The Labute approximate surface area is 106 Å². The van der Waals surface area contributed by atoms with Gasteiger partial charge in [0.25, 0.3) is 0 Å². The maximum Gasteiger partial charge on any atom is 0.330 e. The van der Waals surface area contributed by atoms with Crippen molar-refractivity contribution in [3.63, 3.8) is 0 Å². The molecule has 2 rings (SSSR count). The van der Waals surface area contributed by atoms with Crippen LogP contribution in [0.4, 0.5) is 0 Å². The zero-order valence-corrected chi connectivity index (χ0v) is 10.6. The third-order valence-corrected chi connectivity index (χ3v) is 2.57. The van der Waals surface area contributed by atoms with E-state index in [9.17, 15) is 4.79 Å². The van der Waals surface area contributed by atoms with Crippen molar-refractivity contribution in [2.45, 2.75) is 0 Å². The maximum absolute atomic E-state index is 11.4. The lowest BCUT2D eigenvalue weighted by molar-refractivity contribution is 0.261. The Morgan fingerprint density at radius 1 is 1.28 bits per heavy atom. The smallest absolute Gasteiger partial charge is 0.330 e. The first-order valence-electron chi connectivity index (χ1n) is 5.81. The lowest BCUT2D eigenvalue weighted by Gasteiger charge is -2.11. The molecule has 1 aromatic heterocycles. The zero-order chi connectivity index (χ0) is 13.0. The minimum absolute atomic E-state index is 0.142. The fourth-order valence-corrected chi connectivity index (χ4v) is 1.57. The topological polar surface area (TPSA) is 50.3 Å². The molecule has 5 nitrogen and oxygen atoms in total. The van der Waals surface area contributed by atoms with Gasteiger partial charge in [0.2, 0.25) is 0 Å². The molecule has 0 aliphatic rings. The number of aromatic amines is 1. The van der Waals surface area contributed by atoms with E-state index in [4.69, 9.17) is 4.74 Å². The molecule has 1 heterocycles. The Morgan fingerprint density at radius 2 is 2.00 bits per heavy atom. The summed E-state index contributed by atoms with van der Waals surface area (Å²) in [7, 11) is 4.01. The third-order valence-electron chi connectivity index (χ3n) is 2.57. The maximum atomic E-state index is 11.4. The number of benzene rings is 1. The second kappa shape index (κ2) is 5.55. The van der Waals surface area contributed by atoms with Gasteiger partial charge in [0.15, 0.2) is 0 Å². The number of H-pyrrole nitrogens is 1. The molecule has 0 amide bonds. The standard InChI is InChI=1S/C13H17N3O2/c1-15(2)9-10-18-12-5-3-11(4-6-12)16-8-7-14-13(16)17/h3-8H,9-10H2,1-2H3,(H,14,17). The highest BCUT2D eigenvalue weighted by Gasteiger charge is 2.00. The van der Waals surface area contributed by atoms with Crippen molar-refractivity contribution < 1.29 is 4.74 Å². The minimum Gasteiger partial charge on any atom is -0.492 e. The normalized spacial score (nSPS) is 10.8. The van der Waals surface area contributed by atoms with Crippen LogP contribution in [0.1, 0.15) is 0 Å². The summed E-state index contributed by atoms with van der Waals surface area (Å²) in [6.45, 7) is 1.52. The van der Waals surface area contributed by atoms with Crippen LogP contribution in [0.15, 0.2) is 41.5 Å². The van der Waals surface area contributed by atoms with Crippen molar-refractivity contribution in [1.82, 2.24) is 14.5 Å². The number of aromatic nitrogens is 2. The molecule has 1 N–H and O–H groups in total. The van der Waals surface area contributed by atoms with Gasteiger partial charge in [-0.2, -0.15) is 0 Å². The van der Waals surface area contributed by atoms with Gasteiger partial charge in [0, 0.05) is 18.9 Å². The Hall–Kier alpha value is -2.01. The summed E-state index contributed by atoms with van der Waals surface area (Å²) in [5, 5.41) is 0. The first kappa shape index (κ1) is 12.4. The van der Waals surface area contributed by atoms with Crippen LogP contribution >= 0.6 is 0 Å². The van der Waals surface area contributed by atoms with Crippen molar-refractivity contribution >= 4 is 0 Å². The highest BCUT2D eigenvalue weighted by atomic mass is 16.5. The molecule has 5 heteroatoms. The number of nitrogens with zero attached hydrogens (tertiary/aromatic N) is 2. The summed E-state index contributed by atoms with van der Waals surface area (Å²) in [5.41, 5.74) is 0.678. The summed E-state index contributed by atoms with van der Waals surface area (Å²) >= 11 is 0. The van der Waals surface area contributed by atoms with Gasteiger partial charge in [0.05, 0.1) is 5.69 Å². The van der Waals surface area contributed by atoms with Crippen LogP contribution in [0.3, 0.4) is 0 Å². The Bertz CT molecular complexity index is 540. The van der Waals surface area contributed by atoms with E-state index < -0.39 is 0 Å².